The zero-order chi connectivity index (χ0) is 25.1. The first-order chi connectivity index (χ1) is 17.5. The van der Waals surface area contributed by atoms with Crippen LogP contribution < -0.4 is 4.90 Å². The standard InChI is InChI=1S/C28H31ClN6O/c1-3-4-11-24-30-26(25-20(2)32-35(27(25)31-24)23-9-6-5-7-10-23)33-16-8-17-34(19-18-33)28(36)21-12-14-22(29)15-13-21/h5-7,9-10,12-15H,3-4,8,11,16-19H2,1-2H3. The van der Waals surface area contributed by atoms with Crippen molar-refractivity contribution >= 4 is 34.4 Å². The van der Waals surface area contributed by atoms with Gasteiger partial charge in [-0.25, -0.2) is 14.6 Å². The highest BCUT2D eigenvalue weighted by Crippen LogP contribution is 2.30. The molecule has 1 saturated heterocycles. The van der Waals surface area contributed by atoms with Crippen molar-refractivity contribution in [3.8, 4) is 5.69 Å². The van der Waals surface area contributed by atoms with Crippen molar-refractivity contribution in [3.63, 3.8) is 0 Å². The van der Waals surface area contributed by atoms with Gasteiger partial charge in [0.2, 0.25) is 0 Å². The lowest BCUT2D eigenvalue weighted by molar-refractivity contribution is 0.0767. The van der Waals surface area contributed by atoms with Gasteiger partial charge < -0.3 is 9.80 Å². The second-order valence-corrected chi connectivity index (χ2v) is 9.67. The summed E-state index contributed by atoms with van der Waals surface area (Å²) in [5.41, 5.74) is 3.40. The average Bonchev–Trinajstić information content (AvgIpc) is 3.07. The van der Waals surface area contributed by atoms with Crippen molar-refractivity contribution in [1.82, 2.24) is 24.6 Å². The Kier molecular flexibility index (Phi) is 7.18. The largest absolute Gasteiger partial charge is 0.354 e. The summed E-state index contributed by atoms with van der Waals surface area (Å²) >= 11 is 6.01. The Labute approximate surface area is 216 Å². The highest BCUT2D eigenvalue weighted by Gasteiger charge is 2.25. The van der Waals surface area contributed by atoms with Gasteiger partial charge in [-0.3, -0.25) is 4.79 Å². The molecular formula is C28H31ClN6O. The Morgan fingerprint density at radius 2 is 1.75 bits per heavy atom. The van der Waals surface area contributed by atoms with Gasteiger partial charge in [0.25, 0.3) is 5.91 Å². The summed E-state index contributed by atoms with van der Waals surface area (Å²) in [7, 11) is 0. The number of fused-ring (bicyclic) bond motifs is 1. The first-order valence-corrected chi connectivity index (χ1v) is 13.0. The maximum atomic E-state index is 13.1. The molecule has 1 amide bonds. The number of para-hydroxylation sites is 1. The van der Waals surface area contributed by atoms with Crippen LogP contribution in [0.1, 0.15) is 48.1 Å². The van der Waals surface area contributed by atoms with Gasteiger partial charge in [0.15, 0.2) is 5.65 Å². The third-order valence-corrected chi connectivity index (χ3v) is 6.91. The number of carbonyl (C=O) groups is 1. The summed E-state index contributed by atoms with van der Waals surface area (Å²) in [5, 5.41) is 6.48. The SMILES string of the molecule is CCCCc1nc(N2CCCN(C(=O)c3ccc(Cl)cc3)CC2)c2c(C)nn(-c3ccccc3)c2n1. The van der Waals surface area contributed by atoms with E-state index < -0.39 is 0 Å². The number of rotatable bonds is 6. The first kappa shape index (κ1) is 24.3. The van der Waals surface area contributed by atoms with Crippen LogP contribution in [-0.2, 0) is 6.42 Å². The Balaban J connectivity index is 1.48. The number of benzene rings is 2. The average molecular weight is 503 g/mol. The minimum absolute atomic E-state index is 0.0399. The van der Waals surface area contributed by atoms with Crippen molar-refractivity contribution in [2.45, 2.75) is 39.5 Å². The van der Waals surface area contributed by atoms with Crippen molar-refractivity contribution in [3.05, 3.63) is 76.7 Å². The number of amides is 1. The van der Waals surface area contributed by atoms with Gasteiger partial charge in [0.1, 0.15) is 11.6 Å². The van der Waals surface area contributed by atoms with Crippen LogP contribution in [0.3, 0.4) is 0 Å². The fraction of sp³-hybridized carbons (Fsp3) is 0.357. The predicted molar refractivity (Wildman–Crippen MR) is 144 cm³/mol. The summed E-state index contributed by atoms with van der Waals surface area (Å²) in [4.78, 5) is 27.4. The molecule has 1 aliphatic heterocycles. The topological polar surface area (TPSA) is 67.2 Å². The van der Waals surface area contributed by atoms with E-state index in [0.717, 1.165) is 66.3 Å². The highest BCUT2D eigenvalue weighted by atomic mass is 35.5. The Morgan fingerprint density at radius 3 is 2.50 bits per heavy atom. The molecule has 0 unspecified atom stereocenters. The molecule has 0 N–H and O–H groups in total. The van der Waals surface area contributed by atoms with E-state index in [1.54, 1.807) is 24.3 Å². The smallest absolute Gasteiger partial charge is 0.253 e. The van der Waals surface area contributed by atoms with Crippen molar-refractivity contribution in [2.75, 3.05) is 31.1 Å². The molecule has 1 aliphatic rings. The molecule has 7 nitrogen and oxygen atoms in total. The molecule has 0 bridgehead atoms. The third kappa shape index (κ3) is 4.93. The first-order valence-electron chi connectivity index (χ1n) is 12.7. The number of unbranched alkanes of at least 4 members (excludes halogenated alkanes) is 1. The normalized spacial score (nSPS) is 14.3. The van der Waals surface area contributed by atoms with E-state index in [-0.39, 0.29) is 5.91 Å². The maximum Gasteiger partial charge on any atom is 0.253 e. The monoisotopic (exact) mass is 502 g/mol. The molecule has 0 spiro atoms. The molecule has 2 aromatic heterocycles. The fourth-order valence-electron chi connectivity index (χ4n) is 4.74. The number of hydrogen-bond donors (Lipinski definition) is 0. The third-order valence-electron chi connectivity index (χ3n) is 6.66. The van der Waals surface area contributed by atoms with E-state index in [1.807, 2.05) is 46.8 Å². The lowest BCUT2D eigenvalue weighted by atomic mass is 10.2. The maximum absolute atomic E-state index is 13.1. The van der Waals surface area contributed by atoms with Crippen LogP contribution in [0.5, 0.6) is 0 Å². The molecule has 0 atom stereocenters. The van der Waals surface area contributed by atoms with Crippen LogP contribution in [0.15, 0.2) is 54.6 Å². The van der Waals surface area contributed by atoms with E-state index >= 15 is 0 Å². The lowest BCUT2D eigenvalue weighted by Crippen LogP contribution is -2.35. The molecule has 5 rings (SSSR count). The molecule has 0 saturated carbocycles. The van der Waals surface area contributed by atoms with Gasteiger partial charge >= 0.3 is 0 Å². The van der Waals surface area contributed by atoms with E-state index in [0.29, 0.717) is 30.2 Å². The van der Waals surface area contributed by atoms with Gasteiger partial charge in [0, 0.05) is 43.2 Å². The number of halogens is 1. The van der Waals surface area contributed by atoms with E-state index in [4.69, 9.17) is 26.7 Å². The molecule has 0 radical (unpaired) electrons. The molecule has 8 heteroatoms. The zero-order valence-corrected chi connectivity index (χ0v) is 21.6. The second-order valence-electron chi connectivity index (χ2n) is 9.24. The van der Waals surface area contributed by atoms with E-state index in [2.05, 4.69) is 11.8 Å². The number of nitrogens with zero attached hydrogens (tertiary/aromatic N) is 6. The van der Waals surface area contributed by atoms with E-state index in [9.17, 15) is 4.79 Å². The second kappa shape index (κ2) is 10.7. The van der Waals surface area contributed by atoms with Crippen LogP contribution in [0.4, 0.5) is 5.82 Å². The highest BCUT2D eigenvalue weighted by molar-refractivity contribution is 6.30. The molecule has 3 heterocycles. The summed E-state index contributed by atoms with van der Waals surface area (Å²) in [6.45, 7) is 7.06. The molecule has 4 aromatic rings. The lowest BCUT2D eigenvalue weighted by Gasteiger charge is -2.24. The Morgan fingerprint density at radius 1 is 0.972 bits per heavy atom. The van der Waals surface area contributed by atoms with Crippen molar-refractivity contribution < 1.29 is 4.79 Å². The summed E-state index contributed by atoms with van der Waals surface area (Å²) in [5.74, 6) is 1.81. The molecule has 36 heavy (non-hydrogen) atoms. The van der Waals surface area contributed by atoms with Gasteiger partial charge in [0.05, 0.1) is 16.8 Å². The summed E-state index contributed by atoms with van der Waals surface area (Å²) in [6.07, 6.45) is 3.81. The van der Waals surface area contributed by atoms with Crippen LogP contribution in [0.2, 0.25) is 5.02 Å². The van der Waals surface area contributed by atoms with Crippen LogP contribution in [0, 0.1) is 6.92 Å². The molecule has 2 aromatic carbocycles. The minimum atomic E-state index is 0.0399. The van der Waals surface area contributed by atoms with Crippen LogP contribution in [0.25, 0.3) is 16.7 Å². The number of aromatic nitrogens is 4. The summed E-state index contributed by atoms with van der Waals surface area (Å²) in [6, 6.07) is 17.2. The van der Waals surface area contributed by atoms with Gasteiger partial charge in [-0.05, 0) is 56.2 Å². The minimum Gasteiger partial charge on any atom is -0.354 e. The number of carbonyl (C=O) groups excluding carboxylic acids is 1. The number of aryl methyl sites for hydroxylation is 2. The van der Waals surface area contributed by atoms with Gasteiger partial charge in [-0.15, -0.1) is 0 Å². The zero-order valence-electron chi connectivity index (χ0n) is 20.8. The predicted octanol–water partition coefficient (Wildman–Crippen LogP) is 5.47. The van der Waals surface area contributed by atoms with Crippen molar-refractivity contribution in [1.29, 1.82) is 0 Å². The van der Waals surface area contributed by atoms with Gasteiger partial charge in [-0.1, -0.05) is 43.1 Å². The molecular weight excluding hydrogens is 472 g/mol. The molecule has 1 fully saturated rings. The molecule has 0 aliphatic carbocycles. The summed E-state index contributed by atoms with van der Waals surface area (Å²) < 4.78 is 1.93. The number of hydrogen-bond acceptors (Lipinski definition) is 5. The Hall–Kier alpha value is -3.45. The quantitative estimate of drug-likeness (QED) is 0.349. The fourth-order valence-corrected chi connectivity index (χ4v) is 4.86. The van der Waals surface area contributed by atoms with Crippen molar-refractivity contribution in [2.24, 2.45) is 0 Å². The van der Waals surface area contributed by atoms with Gasteiger partial charge in [-0.2, -0.15) is 5.10 Å². The van der Waals surface area contributed by atoms with Crippen LogP contribution in [-0.4, -0.2) is 56.7 Å². The van der Waals surface area contributed by atoms with Crippen LogP contribution >= 0.6 is 11.6 Å². The molecule has 186 valence electrons. The Bertz CT molecular complexity index is 1350. The number of anilines is 1. The van der Waals surface area contributed by atoms with E-state index in [1.165, 1.54) is 0 Å².